The Morgan fingerprint density at radius 3 is 2.55 bits per heavy atom. The van der Waals surface area contributed by atoms with E-state index >= 15 is 0 Å². The van der Waals surface area contributed by atoms with Gasteiger partial charge in [0.15, 0.2) is 5.96 Å². The quantitative estimate of drug-likeness (QED) is 0.518. The van der Waals surface area contributed by atoms with Crippen molar-refractivity contribution in [2.45, 2.75) is 26.8 Å². The van der Waals surface area contributed by atoms with Crippen LogP contribution in [0.3, 0.4) is 0 Å². The summed E-state index contributed by atoms with van der Waals surface area (Å²) in [4.78, 5) is 14.0. The van der Waals surface area contributed by atoms with Crippen molar-refractivity contribution >= 4 is 5.96 Å². The molecule has 168 valence electrons. The Morgan fingerprint density at radius 2 is 1.90 bits per heavy atom. The maximum atomic E-state index is 5.54. The lowest BCUT2D eigenvalue weighted by Gasteiger charge is -2.36. The van der Waals surface area contributed by atoms with E-state index in [2.05, 4.69) is 45.2 Å². The minimum absolute atomic E-state index is 0.758. The van der Waals surface area contributed by atoms with E-state index in [-0.39, 0.29) is 0 Å². The lowest BCUT2D eigenvalue weighted by atomic mass is 10.1. The van der Waals surface area contributed by atoms with Gasteiger partial charge in [0, 0.05) is 63.3 Å². The molecule has 7 heteroatoms. The molecule has 1 aliphatic rings. The Bertz CT molecular complexity index is 846. The van der Waals surface area contributed by atoms with Crippen LogP contribution >= 0.6 is 0 Å². The van der Waals surface area contributed by atoms with Gasteiger partial charge in [-0.15, -0.1) is 0 Å². The number of aliphatic imine (C=N–C) groups is 1. The molecule has 0 unspecified atom stereocenters. The van der Waals surface area contributed by atoms with E-state index in [0.717, 1.165) is 81.0 Å². The number of ether oxygens (including phenoxy) is 2. The Kier molecular flexibility index (Phi) is 8.53. The fourth-order valence-corrected chi connectivity index (χ4v) is 3.73. The minimum atomic E-state index is 0.758. The van der Waals surface area contributed by atoms with Gasteiger partial charge >= 0.3 is 0 Å². The van der Waals surface area contributed by atoms with E-state index in [1.165, 1.54) is 5.56 Å². The van der Waals surface area contributed by atoms with Gasteiger partial charge in [-0.25, -0.2) is 0 Å². The second-order valence-electron chi connectivity index (χ2n) is 7.73. The summed E-state index contributed by atoms with van der Waals surface area (Å²) in [6.07, 6.45) is 2.85. The molecule has 1 N–H and O–H groups in total. The number of hydrogen-bond donors (Lipinski definition) is 1. The van der Waals surface area contributed by atoms with Crippen LogP contribution < -0.4 is 14.8 Å². The smallest absolute Gasteiger partial charge is 0.194 e. The van der Waals surface area contributed by atoms with Crippen LogP contribution in [0.4, 0.5) is 0 Å². The van der Waals surface area contributed by atoms with Gasteiger partial charge in [-0.2, -0.15) is 0 Å². The Balaban J connectivity index is 1.55. The third-order valence-corrected chi connectivity index (χ3v) is 5.52. The van der Waals surface area contributed by atoms with Crippen molar-refractivity contribution in [1.29, 1.82) is 0 Å². The molecule has 0 aliphatic carbocycles. The lowest BCUT2D eigenvalue weighted by Crippen LogP contribution is -2.52. The summed E-state index contributed by atoms with van der Waals surface area (Å²) >= 11 is 0. The molecule has 1 aromatic heterocycles. The number of nitrogens with one attached hydrogen (secondary N) is 1. The molecule has 0 radical (unpaired) electrons. The largest absolute Gasteiger partial charge is 0.497 e. The van der Waals surface area contributed by atoms with Crippen LogP contribution in [0.2, 0.25) is 0 Å². The first-order valence-electron chi connectivity index (χ1n) is 11.0. The molecule has 1 saturated heterocycles. The predicted octanol–water partition coefficient (Wildman–Crippen LogP) is 2.73. The van der Waals surface area contributed by atoms with Gasteiger partial charge in [-0.1, -0.05) is 6.07 Å². The molecule has 31 heavy (non-hydrogen) atoms. The summed E-state index contributed by atoms with van der Waals surface area (Å²) < 4.78 is 10.9. The monoisotopic (exact) mass is 425 g/mol. The maximum absolute atomic E-state index is 5.54. The second kappa shape index (κ2) is 11.6. The zero-order valence-electron chi connectivity index (χ0n) is 19.2. The highest BCUT2D eigenvalue weighted by atomic mass is 16.5. The first-order chi connectivity index (χ1) is 15.1. The van der Waals surface area contributed by atoms with E-state index in [4.69, 9.17) is 14.5 Å². The van der Waals surface area contributed by atoms with Crippen LogP contribution in [0.15, 0.2) is 41.5 Å². The topological polar surface area (TPSA) is 62.2 Å². The molecule has 2 aromatic rings. The number of nitrogens with zero attached hydrogens (tertiary/aromatic N) is 4. The van der Waals surface area contributed by atoms with Crippen LogP contribution in [0.5, 0.6) is 11.5 Å². The number of pyridine rings is 1. The van der Waals surface area contributed by atoms with Gasteiger partial charge in [0.1, 0.15) is 11.5 Å². The zero-order chi connectivity index (χ0) is 22.1. The second-order valence-corrected chi connectivity index (χ2v) is 7.73. The Hall–Kier alpha value is -2.80. The van der Waals surface area contributed by atoms with Crippen LogP contribution in [0, 0.1) is 6.92 Å². The molecule has 2 heterocycles. The van der Waals surface area contributed by atoms with Crippen molar-refractivity contribution in [3.05, 3.63) is 53.3 Å². The molecular weight excluding hydrogens is 390 g/mol. The van der Waals surface area contributed by atoms with Crippen LogP contribution in [-0.2, 0) is 13.0 Å². The lowest BCUT2D eigenvalue weighted by molar-refractivity contribution is 0.171. The molecule has 1 aromatic carbocycles. The molecule has 3 rings (SSSR count). The summed E-state index contributed by atoms with van der Waals surface area (Å²) in [5, 5.41) is 3.45. The maximum Gasteiger partial charge on any atom is 0.194 e. The molecule has 0 amide bonds. The number of guanidine groups is 1. The predicted molar refractivity (Wildman–Crippen MR) is 125 cm³/mol. The molecule has 0 saturated carbocycles. The van der Waals surface area contributed by atoms with E-state index < -0.39 is 0 Å². The van der Waals surface area contributed by atoms with Crippen LogP contribution in [-0.4, -0.2) is 74.2 Å². The van der Waals surface area contributed by atoms with Gasteiger partial charge < -0.3 is 19.7 Å². The summed E-state index contributed by atoms with van der Waals surface area (Å²) in [5.74, 6) is 2.77. The third-order valence-electron chi connectivity index (χ3n) is 5.52. The standard InChI is InChI=1S/C24H35N5O2/c1-5-25-24(26-11-10-20-7-6-19(2)27-17-20)29-14-12-28(13-15-29)18-21-16-22(30-3)8-9-23(21)31-4/h6-9,16-17H,5,10-15,18H2,1-4H3,(H,25,26). The van der Waals surface area contributed by atoms with Crippen LogP contribution in [0.1, 0.15) is 23.7 Å². The Labute approximate surface area is 186 Å². The Morgan fingerprint density at radius 1 is 1.10 bits per heavy atom. The number of rotatable bonds is 8. The number of aryl methyl sites for hydroxylation is 1. The molecule has 0 bridgehead atoms. The van der Waals surface area contributed by atoms with E-state index in [0.29, 0.717) is 0 Å². The van der Waals surface area contributed by atoms with Crippen molar-refractivity contribution in [3.63, 3.8) is 0 Å². The van der Waals surface area contributed by atoms with Crippen molar-refractivity contribution in [2.24, 2.45) is 4.99 Å². The van der Waals surface area contributed by atoms with Gasteiger partial charge in [0.2, 0.25) is 0 Å². The fraction of sp³-hybridized carbons (Fsp3) is 0.500. The van der Waals surface area contributed by atoms with Crippen molar-refractivity contribution in [2.75, 3.05) is 53.5 Å². The number of aromatic nitrogens is 1. The van der Waals surface area contributed by atoms with Crippen LogP contribution in [0.25, 0.3) is 0 Å². The number of piperazine rings is 1. The first-order valence-corrected chi connectivity index (χ1v) is 11.0. The summed E-state index contributed by atoms with van der Waals surface area (Å²) in [6.45, 7) is 10.5. The highest BCUT2D eigenvalue weighted by Crippen LogP contribution is 2.25. The van der Waals surface area contributed by atoms with Crippen molar-refractivity contribution < 1.29 is 9.47 Å². The van der Waals surface area contributed by atoms with E-state index in [9.17, 15) is 0 Å². The summed E-state index contributed by atoms with van der Waals surface area (Å²) in [7, 11) is 3.41. The minimum Gasteiger partial charge on any atom is -0.497 e. The molecule has 0 spiro atoms. The van der Waals surface area contributed by atoms with Crippen molar-refractivity contribution in [3.8, 4) is 11.5 Å². The van der Waals surface area contributed by atoms with Crippen molar-refractivity contribution in [1.82, 2.24) is 20.1 Å². The highest BCUT2D eigenvalue weighted by molar-refractivity contribution is 5.80. The normalized spacial score (nSPS) is 15.1. The average molecular weight is 426 g/mol. The molecule has 7 nitrogen and oxygen atoms in total. The number of hydrogen-bond acceptors (Lipinski definition) is 5. The van der Waals surface area contributed by atoms with Gasteiger partial charge in [0.25, 0.3) is 0 Å². The molecule has 0 atom stereocenters. The van der Waals surface area contributed by atoms with E-state index in [1.54, 1.807) is 14.2 Å². The third kappa shape index (κ3) is 6.59. The number of benzene rings is 1. The first kappa shape index (κ1) is 22.9. The SMILES string of the molecule is CCNC(=NCCc1ccc(C)nc1)N1CCN(Cc2cc(OC)ccc2OC)CC1. The van der Waals surface area contributed by atoms with Gasteiger partial charge in [-0.3, -0.25) is 14.9 Å². The fourth-order valence-electron chi connectivity index (χ4n) is 3.73. The zero-order valence-corrected chi connectivity index (χ0v) is 19.2. The van der Waals surface area contributed by atoms with Gasteiger partial charge in [0.05, 0.1) is 14.2 Å². The molecular formula is C24H35N5O2. The van der Waals surface area contributed by atoms with Gasteiger partial charge in [-0.05, 0) is 50.1 Å². The average Bonchev–Trinajstić information content (AvgIpc) is 2.80. The highest BCUT2D eigenvalue weighted by Gasteiger charge is 2.20. The number of methoxy groups -OCH3 is 2. The molecule has 1 fully saturated rings. The summed E-state index contributed by atoms with van der Waals surface area (Å²) in [5.41, 5.74) is 3.43. The van der Waals surface area contributed by atoms with E-state index in [1.807, 2.05) is 25.3 Å². The molecule has 1 aliphatic heterocycles. The summed E-state index contributed by atoms with van der Waals surface area (Å²) in [6, 6.07) is 10.2.